The standard InChI is InChI=1S/C44H48N2O4/c45-38-11-9-36(18-40(38)47)49-34-5-1-30(2-6-34)44(31-3-7-35(8-4-31)50-37-10-12-39(46)41(48)19-37)32-16-29-17-33(44)25-43(23-29,24-32)42-20-26-13-27(21-42)15-28(14-26)22-42/h1-12,18-19,26-29,32-33,47-48H,13-17,20-25,45-46H2. The van der Waals surface area contributed by atoms with Crippen LogP contribution in [0.5, 0.6) is 34.5 Å². The Morgan fingerprint density at radius 3 is 1.22 bits per heavy atom. The minimum atomic E-state index is -0.0846. The van der Waals surface area contributed by atoms with Gasteiger partial charge in [0.1, 0.15) is 34.5 Å². The number of hydrogen-bond donors (Lipinski definition) is 4. The van der Waals surface area contributed by atoms with E-state index in [9.17, 15) is 10.2 Å². The molecule has 8 saturated carbocycles. The van der Waals surface area contributed by atoms with Crippen molar-refractivity contribution in [2.24, 2.45) is 46.3 Å². The average Bonchev–Trinajstić information content (AvgIpc) is 3.09. The van der Waals surface area contributed by atoms with Gasteiger partial charge in [-0.05, 0) is 177 Å². The van der Waals surface area contributed by atoms with Gasteiger partial charge < -0.3 is 31.2 Å². The zero-order valence-corrected chi connectivity index (χ0v) is 28.7. The predicted molar refractivity (Wildman–Crippen MR) is 195 cm³/mol. The number of ether oxygens (including phenoxy) is 2. The van der Waals surface area contributed by atoms with E-state index >= 15 is 0 Å². The van der Waals surface area contributed by atoms with Gasteiger partial charge in [-0.1, -0.05) is 24.3 Å². The van der Waals surface area contributed by atoms with Crippen molar-refractivity contribution >= 4 is 11.4 Å². The Balaban J connectivity index is 1.02. The predicted octanol–water partition coefficient (Wildman–Crippen LogP) is 10.2. The summed E-state index contributed by atoms with van der Waals surface area (Å²) in [5.74, 6) is 7.62. The molecular weight excluding hydrogens is 620 g/mol. The molecule has 258 valence electrons. The first-order valence-electron chi connectivity index (χ1n) is 18.9. The van der Waals surface area contributed by atoms with E-state index in [1.165, 1.54) is 81.8 Å². The third kappa shape index (κ3) is 4.52. The van der Waals surface area contributed by atoms with E-state index in [0.29, 0.717) is 45.5 Å². The molecule has 0 radical (unpaired) electrons. The Morgan fingerprint density at radius 2 is 0.820 bits per heavy atom. The fourth-order valence-electron chi connectivity index (χ4n) is 13.6. The molecule has 6 heteroatoms. The van der Waals surface area contributed by atoms with Crippen molar-refractivity contribution in [3.63, 3.8) is 0 Å². The van der Waals surface area contributed by atoms with Gasteiger partial charge in [0.05, 0.1) is 11.4 Å². The maximum atomic E-state index is 10.2. The lowest BCUT2D eigenvalue weighted by molar-refractivity contribution is -0.215. The van der Waals surface area contributed by atoms with E-state index in [1.807, 2.05) is 0 Å². The Hall–Kier alpha value is -4.32. The van der Waals surface area contributed by atoms with Gasteiger partial charge in [0, 0.05) is 17.5 Å². The SMILES string of the molecule is Nc1ccc(Oc2ccc(C3(c4ccc(Oc5ccc(N)c(O)c5)cc4)C4CC5CC3CC(C36CC7CC(CC(C7)C3)C6)(C5)C4)cc2)cc1O. The van der Waals surface area contributed by atoms with E-state index < -0.39 is 0 Å². The van der Waals surface area contributed by atoms with Crippen LogP contribution < -0.4 is 20.9 Å². The number of nitrogens with two attached hydrogens (primary N) is 2. The van der Waals surface area contributed by atoms with E-state index in [1.54, 1.807) is 36.4 Å². The van der Waals surface area contributed by atoms with Gasteiger partial charge in [-0.25, -0.2) is 0 Å². The van der Waals surface area contributed by atoms with E-state index in [-0.39, 0.29) is 16.9 Å². The van der Waals surface area contributed by atoms with Crippen LogP contribution in [0.1, 0.15) is 81.8 Å². The normalized spacial score (nSPS) is 34.2. The third-order valence-corrected chi connectivity index (χ3v) is 14.8. The van der Waals surface area contributed by atoms with E-state index in [2.05, 4.69) is 48.5 Å². The molecule has 0 saturated heterocycles. The topological polar surface area (TPSA) is 111 Å². The molecule has 8 bridgehead atoms. The molecule has 0 amide bonds. The molecule has 0 aliphatic heterocycles. The molecule has 50 heavy (non-hydrogen) atoms. The van der Waals surface area contributed by atoms with Crippen LogP contribution in [0.2, 0.25) is 0 Å². The molecule has 4 aromatic carbocycles. The molecule has 2 unspecified atom stereocenters. The lowest BCUT2D eigenvalue weighted by Crippen LogP contribution is -2.66. The Morgan fingerprint density at radius 1 is 0.460 bits per heavy atom. The van der Waals surface area contributed by atoms with E-state index in [4.69, 9.17) is 20.9 Å². The van der Waals surface area contributed by atoms with Crippen LogP contribution in [0.25, 0.3) is 0 Å². The first-order chi connectivity index (χ1) is 24.2. The Kier molecular flexibility index (Phi) is 6.61. The summed E-state index contributed by atoms with van der Waals surface area (Å²) in [6.45, 7) is 0. The third-order valence-electron chi connectivity index (χ3n) is 14.8. The van der Waals surface area contributed by atoms with Crippen molar-refractivity contribution in [3.8, 4) is 34.5 Å². The fraction of sp³-hybridized carbons (Fsp3) is 0.455. The number of nitrogen functional groups attached to an aromatic ring is 2. The molecule has 6 N–H and O–H groups in total. The minimum Gasteiger partial charge on any atom is -0.506 e. The lowest BCUT2D eigenvalue weighted by atomic mass is 9.31. The van der Waals surface area contributed by atoms with Gasteiger partial charge in [-0.15, -0.1) is 0 Å². The van der Waals surface area contributed by atoms with Gasteiger partial charge in [0.15, 0.2) is 0 Å². The fourth-order valence-corrected chi connectivity index (χ4v) is 13.6. The zero-order chi connectivity index (χ0) is 33.8. The number of phenols is 2. The Bertz CT molecular complexity index is 1800. The summed E-state index contributed by atoms with van der Waals surface area (Å²) in [4.78, 5) is 0. The highest BCUT2D eigenvalue weighted by Gasteiger charge is 2.70. The van der Waals surface area contributed by atoms with Crippen molar-refractivity contribution < 1.29 is 19.7 Å². The molecule has 8 aliphatic rings. The second-order valence-corrected chi connectivity index (χ2v) is 17.4. The van der Waals surface area contributed by atoms with Gasteiger partial charge in [0.25, 0.3) is 0 Å². The zero-order valence-electron chi connectivity index (χ0n) is 28.7. The number of anilines is 2. The van der Waals surface area contributed by atoms with Crippen LogP contribution >= 0.6 is 0 Å². The quantitative estimate of drug-likeness (QED) is 0.115. The number of aromatic hydroxyl groups is 2. The first-order valence-corrected chi connectivity index (χ1v) is 18.9. The molecule has 8 aliphatic carbocycles. The van der Waals surface area contributed by atoms with Crippen LogP contribution in [0, 0.1) is 46.3 Å². The highest BCUT2D eigenvalue weighted by molar-refractivity contribution is 5.56. The maximum absolute atomic E-state index is 10.2. The summed E-state index contributed by atoms with van der Waals surface area (Å²) in [6, 6.07) is 27.8. The number of hydrogen-bond acceptors (Lipinski definition) is 6. The second kappa shape index (κ2) is 10.8. The first kappa shape index (κ1) is 30.5. The van der Waals surface area contributed by atoms with Crippen molar-refractivity contribution in [1.29, 1.82) is 0 Å². The molecule has 8 fully saturated rings. The lowest BCUT2D eigenvalue weighted by Gasteiger charge is -2.73. The highest BCUT2D eigenvalue weighted by Crippen LogP contribution is 2.78. The minimum absolute atomic E-state index is 0.0280. The number of phenolic OH excluding ortho intramolecular Hbond substituents is 2. The summed E-state index contributed by atoms with van der Waals surface area (Å²) in [7, 11) is 0. The molecule has 6 nitrogen and oxygen atoms in total. The van der Waals surface area contributed by atoms with Crippen molar-refractivity contribution in [1.82, 2.24) is 0 Å². The smallest absolute Gasteiger partial charge is 0.142 e. The second-order valence-electron chi connectivity index (χ2n) is 17.4. The monoisotopic (exact) mass is 668 g/mol. The number of benzene rings is 4. The van der Waals surface area contributed by atoms with Gasteiger partial charge >= 0.3 is 0 Å². The van der Waals surface area contributed by atoms with Crippen molar-refractivity contribution in [2.45, 2.75) is 76.0 Å². The van der Waals surface area contributed by atoms with Crippen molar-refractivity contribution in [3.05, 3.63) is 96.1 Å². The van der Waals surface area contributed by atoms with Gasteiger partial charge in [-0.3, -0.25) is 0 Å². The summed E-state index contributed by atoms with van der Waals surface area (Å²) < 4.78 is 12.4. The summed E-state index contributed by atoms with van der Waals surface area (Å²) in [5, 5.41) is 20.3. The maximum Gasteiger partial charge on any atom is 0.142 e. The molecule has 2 atom stereocenters. The van der Waals surface area contributed by atoms with Crippen LogP contribution in [0.4, 0.5) is 11.4 Å². The highest BCUT2D eigenvalue weighted by atomic mass is 16.5. The average molecular weight is 669 g/mol. The van der Waals surface area contributed by atoms with Gasteiger partial charge in [-0.2, -0.15) is 0 Å². The summed E-state index contributed by atoms with van der Waals surface area (Å²) >= 11 is 0. The summed E-state index contributed by atoms with van der Waals surface area (Å²) in [5.41, 5.74) is 16.1. The molecule has 4 aromatic rings. The van der Waals surface area contributed by atoms with Crippen LogP contribution in [0.3, 0.4) is 0 Å². The van der Waals surface area contributed by atoms with Gasteiger partial charge in [0.2, 0.25) is 0 Å². The molecule has 0 aromatic heterocycles. The summed E-state index contributed by atoms with van der Waals surface area (Å²) in [6.07, 6.45) is 15.8. The van der Waals surface area contributed by atoms with Crippen LogP contribution in [-0.2, 0) is 5.41 Å². The van der Waals surface area contributed by atoms with Crippen LogP contribution in [0.15, 0.2) is 84.9 Å². The van der Waals surface area contributed by atoms with E-state index in [0.717, 1.165) is 35.2 Å². The van der Waals surface area contributed by atoms with Crippen LogP contribution in [-0.4, -0.2) is 10.2 Å². The Labute approximate surface area is 294 Å². The molecular formula is C44H48N2O4. The molecule has 0 heterocycles. The molecule has 12 rings (SSSR count). The number of rotatable bonds is 7. The van der Waals surface area contributed by atoms with Crippen molar-refractivity contribution in [2.75, 3.05) is 11.5 Å². The molecule has 0 spiro atoms. The largest absolute Gasteiger partial charge is 0.506 e.